The molecule has 1 fully saturated rings. The van der Waals surface area contributed by atoms with Gasteiger partial charge in [-0.1, -0.05) is 23.7 Å². The van der Waals surface area contributed by atoms with Gasteiger partial charge < -0.3 is 10.6 Å². The monoisotopic (exact) mass is 252 g/mol. The Morgan fingerprint density at radius 2 is 2.12 bits per heavy atom. The van der Waals surface area contributed by atoms with E-state index in [0.29, 0.717) is 24.4 Å². The van der Waals surface area contributed by atoms with Gasteiger partial charge in [0, 0.05) is 18.0 Å². The summed E-state index contributed by atoms with van der Waals surface area (Å²) < 4.78 is 0. The van der Waals surface area contributed by atoms with Crippen LogP contribution >= 0.6 is 11.6 Å². The van der Waals surface area contributed by atoms with E-state index in [9.17, 15) is 9.59 Å². The molecule has 1 saturated heterocycles. The third-order valence-electron chi connectivity index (χ3n) is 2.69. The average Bonchev–Trinajstić information content (AvgIpc) is 2.75. The van der Waals surface area contributed by atoms with Gasteiger partial charge in [-0.15, -0.1) is 0 Å². The maximum Gasteiger partial charge on any atom is 0.242 e. The van der Waals surface area contributed by atoms with Crippen molar-refractivity contribution in [2.75, 3.05) is 0 Å². The average molecular weight is 253 g/mol. The number of nitrogens with one attached hydrogen (secondary N) is 2. The highest BCUT2D eigenvalue weighted by molar-refractivity contribution is 6.30. The zero-order valence-corrected chi connectivity index (χ0v) is 9.96. The minimum atomic E-state index is -0.380. The van der Waals surface area contributed by atoms with E-state index in [-0.39, 0.29) is 17.9 Å². The van der Waals surface area contributed by atoms with E-state index in [1.807, 2.05) is 12.1 Å². The first-order valence-corrected chi connectivity index (χ1v) is 5.84. The smallest absolute Gasteiger partial charge is 0.242 e. The van der Waals surface area contributed by atoms with Crippen LogP contribution < -0.4 is 10.6 Å². The Hall–Kier alpha value is -1.55. The lowest BCUT2D eigenvalue weighted by molar-refractivity contribution is -0.125. The molecule has 1 heterocycles. The van der Waals surface area contributed by atoms with Crippen LogP contribution in [0, 0.1) is 0 Å². The van der Waals surface area contributed by atoms with Crippen LogP contribution in [0.3, 0.4) is 0 Å². The Bertz CT molecular complexity index is 431. The number of carbonyl (C=O) groups is 2. The van der Waals surface area contributed by atoms with Gasteiger partial charge in [0.1, 0.15) is 6.04 Å². The summed E-state index contributed by atoms with van der Waals surface area (Å²) in [6.07, 6.45) is 1.00. The number of hydrogen-bond acceptors (Lipinski definition) is 2. The van der Waals surface area contributed by atoms with E-state index in [0.717, 1.165) is 5.56 Å². The molecule has 0 bridgehead atoms. The van der Waals surface area contributed by atoms with Crippen molar-refractivity contribution in [1.82, 2.24) is 10.6 Å². The van der Waals surface area contributed by atoms with Crippen molar-refractivity contribution in [1.29, 1.82) is 0 Å². The molecule has 0 aromatic heterocycles. The lowest BCUT2D eigenvalue weighted by atomic mass is 10.2. The first-order valence-electron chi connectivity index (χ1n) is 5.46. The van der Waals surface area contributed by atoms with Crippen LogP contribution in [-0.2, 0) is 16.1 Å². The summed E-state index contributed by atoms with van der Waals surface area (Å²) >= 11 is 5.76. The highest BCUT2D eigenvalue weighted by Gasteiger charge is 2.26. The van der Waals surface area contributed by atoms with Crippen molar-refractivity contribution in [3.8, 4) is 0 Å². The predicted molar refractivity (Wildman–Crippen MR) is 64.5 cm³/mol. The molecule has 1 aliphatic rings. The van der Waals surface area contributed by atoms with Crippen LogP contribution in [0.15, 0.2) is 24.3 Å². The normalized spacial score (nSPS) is 18.9. The Labute approximate surface area is 104 Å². The van der Waals surface area contributed by atoms with Crippen molar-refractivity contribution in [3.63, 3.8) is 0 Å². The van der Waals surface area contributed by atoms with Crippen LogP contribution in [-0.4, -0.2) is 17.9 Å². The Morgan fingerprint density at radius 1 is 1.41 bits per heavy atom. The molecule has 0 radical (unpaired) electrons. The van der Waals surface area contributed by atoms with E-state index < -0.39 is 0 Å². The lowest BCUT2D eigenvalue weighted by Crippen LogP contribution is -2.41. The fraction of sp³-hybridized carbons (Fsp3) is 0.333. The third-order valence-corrected chi connectivity index (χ3v) is 2.94. The fourth-order valence-corrected chi connectivity index (χ4v) is 1.85. The molecular formula is C12H13ClN2O2. The largest absolute Gasteiger partial charge is 0.350 e. The molecule has 2 rings (SSSR count). The molecule has 0 aliphatic carbocycles. The van der Waals surface area contributed by atoms with Crippen molar-refractivity contribution in [3.05, 3.63) is 34.9 Å². The van der Waals surface area contributed by atoms with Gasteiger partial charge >= 0.3 is 0 Å². The number of hydrogen-bond donors (Lipinski definition) is 2. The summed E-state index contributed by atoms with van der Waals surface area (Å²) in [5, 5.41) is 6.08. The number of benzene rings is 1. The van der Waals surface area contributed by atoms with Gasteiger partial charge in [-0.25, -0.2) is 0 Å². The van der Waals surface area contributed by atoms with Gasteiger partial charge in [-0.3, -0.25) is 9.59 Å². The molecule has 5 heteroatoms. The van der Waals surface area contributed by atoms with Crippen LogP contribution in [0.5, 0.6) is 0 Å². The summed E-state index contributed by atoms with van der Waals surface area (Å²) in [6, 6.07) is 6.89. The molecule has 90 valence electrons. The Kier molecular flexibility index (Phi) is 3.64. The summed E-state index contributed by atoms with van der Waals surface area (Å²) in [5.74, 6) is -0.192. The van der Waals surface area contributed by atoms with Crippen molar-refractivity contribution < 1.29 is 9.59 Å². The van der Waals surface area contributed by atoms with E-state index in [1.54, 1.807) is 12.1 Å². The molecule has 0 spiro atoms. The molecule has 4 nitrogen and oxygen atoms in total. The van der Waals surface area contributed by atoms with E-state index >= 15 is 0 Å². The number of carbonyl (C=O) groups excluding carboxylic acids is 2. The Balaban J connectivity index is 1.84. The number of amides is 2. The quantitative estimate of drug-likeness (QED) is 0.850. The summed E-state index contributed by atoms with van der Waals surface area (Å²) in [7, 11) is 0. The Morgan fingerprint density at radius 3 is 2.71 bits per heavy atom. The standard InChI is InChI=1S/C12H13ClN2O2/c13-9-3-1-8(2-4-9)7-14-12(17)10-5-6-11(16)15-10/h1-4,10H,5-7H2,(H,14,17)(H,15,16)/t10-/m0/s1. The molecule has 0 unspecified atom stereocenters. The second kappa shape index (κ2) is 5.19. The number of halogens is 1. The van der Waals surface area contributed by atoms with E-state index in [2.05, 4.69) is 10.6 Å². The maximum absolute atomic E-state index is 11.7. The fourth-order valence-electron chi connectivity index (χ4n) is 1.73. The SMILES string of the molecule is O=C1CC[C@@H](C(=O)NCc2ccc(Cl)cc2)N1. The van der Waals surface area contributed by atoms with Gasteiger partial charge in [-0.2, -0.15) is 0 Å². The van der Waals surface area contributed by atoms with E-state index in [1.165, 1.54) is 0 Å². The van der Waals surface area contributed by atoms with Gasteiger partial charge in [0.15, 0.2) is 0 Å². The second-order valence-corrected chi connectivity index (χ2v) is 4.44. The molecule has 1 aliphatic heterocycles. The second-order valence-electron chi connectivity index (χ2n) is 4.00. The highest BCUT2D eigenvalue weighted by Crippen LogP contribution is 2.10. The predicted octanol–water partition coefficient (Wildman–Crippen LogP) is 1.23. The first-order chi connectivity index (χ1) is 8.15. The summed E-state index contributed by atoms with van der Waals surface area (Å²) in [5.41, 5.74) is 0.979. The molecule has 1 aromatic rings. The van der Waals surface area contributed by atoms with Gasteiger partial charge in [0.05, 0.1) is 0 Å². The topological polar surface area (TPSA) is 58.2 Å². The van der Waals surface area contributed by atoms with Crippen molar-refractivity contribution >= 4 is 23.4 Å². The zero-order chi connectivity index (χ0) is 12.3. The maximum atomic E-state index is 11.7. The molecule has 0 saturated carbocycles. The van der Waals surface area contributed by atoms with Crippen LogP contribution in [0.1, 0.15) is 18.4 Å². The highest BCUT2D eigenvalue weighted by atomic mass is 35.5. The van der Waals surface area contributed by atoms with Crippen molar-refractivity contribution in [2.45, 2.75) is 25.4 Å². The van der Waals surface area contributed by atoms with Gasteiger partial charge in [0.2, 0.25) is 11.8 Å². The first kappa shape index (κ1) is 11.9. The zero-order valence-electron chi connectivity index (χ0n) is 9.20. The van der Waals surface area contributed by atoms with Crippen molar-refractivity contribution in [2.24, 2.45) is 0 Å². The number of rotatable bonds is 3. The molecule has 1 aromatic carbocycles. The minimum Gasteiger partial charge on any atom is -0.350 e. The summed E-state index contributed by atoms with van der Waals surface area (Å²) in [4.78, 5) is 22.6. The molecule has 1 atom stereocenters. The van der Waals surface area contributed by atoms with Crippen LogP contribution in [0.2, 0.25) is 5.02 Å². The molecular weight excluding hydrogens is 240 g/mol. The molecule has 2 amide bonds. The van der Waals surface area contributed by atoms with E-state index in [4.69, 9.17) is 11.6 Å². The van der Waals surface area contributed by atoms with Gasteiger partial charge in [-0.05, 0) is 24.1 Å². The molecule has 17 heavy (non-hydrogen) atoms. The molecule has 2 N–H and O–H groups in total. The lowest BCUT2D eigenvalue weighted by Gasteiger charge is -2.10. The van der Waals surface area contributed by atoms with Gasteiger partial charge in [0.25, 0.3) is 0 Å². The van der Waals surface area contributed by atoms with Crippen LogP contribution in [0.4, 0.5) is 0 Å². The minimum absolute atomic E-state index is 0.0587. The summed E-state index contributed by atoms with van der Waals surface area (Å²) in [6.45, 7) is 0.447. The van der Waals surface area contributed by atoms with Crippen LogP contribution in [0.25, 0.3) is 0 Å². The third kappa shape index (κ3) is 3.20.